The van der Waals surface area contributed by atoms with E-state index in [1.165, 1.54) is 19.3 Å². The van der Waals surface area contributed by atoms with E-state index >= 15 is 0 Å². The second kappa shape index (κ2) is 4.11. The van der Waals surface area contributed by atoms with Crippen LogP contribution in [-0.2, 0) is 0 Å². The molecule has 2 fully saturated rings. The van der Waals surface area contributed by atoms with Crippen molar-refractivity contribution >= 4 is 0 Å². The van der Waals surface area contributed by atoms with Gasteiger partial charge in [-0.1, -0.05) is 6.42 Å². The minimum atomic E-state index is -2.40. The average Bonchev–Trinajstić information content (AvgIpc) is 2.13. The van der Waals surface area contributed by atoms with Gasteiger partial charge in [0, 0.05) is 13.1 Å². The first-order chi connectivity index (χ1) is 6.66. The Morgan fingerprint density at radius 1 is 0.857 bits per heavy atom. The van der Waals surface area contributed by atoms with Crippen LogP contribution in [-0.4, -0.2) is 55.0 Å². The first kappa shape index (κ1) is 10.3. The smallest absolute Gasteiger partial charge is 0.272 e. The fourth-order valence-electron chi connectivity index (χ4n) is 2.23. The molecule has 14 heavy (non-hydrogen) atoms. The molecule has 0 atom stereocenters. The molecule has 2 aliphatic rings. The summed E-state index contributed by atoms with van der Waals surface area (Å²) in [5, 5.41) is 0. The van der Waals surface area contributed by atoms with Crippen molar-refractivity contribution in [1.29, 1.82) is 0 Å². The number of hydrogen-bond acceptors (Lipinski definition) is 2. The van der Waals surface area contributed by atoms with Crippen LogP contribution < -0.4 is 0 Å². The van der Waals surface area contributed by atoms with Crippen molar-refractivity contribution in [2.45, 2.75) is 25.2 Å². The fraction of sp³-hybridized carbons (Fsp3) is 1.00. The summed E-state index contributed by atoms with van der Waals surface area (Å²) in [6.45, 7) is 4.04. The Hall–Kier alpha value is -0.220. The number of piperidine rings is 1. The molecule has 4 heteroatoms. The minimum absolute atomic E-state index is 0.0269. The van der Waals surface area contributed by atoms with E-state index in [1.54, 1.807) is 0 Å². The molecule has 0 amide bonds. The molecule has 0 bridgehead atoms. The maximum Gasteiger partial charge on any atom is 0.272 e. The number of nitrogens with zero attached hydrogens (tertiary/aromatic N) is 2. The van der Waals surface area contributed by atoms with Crippen molar-refractivity contribution in [2.75, 3.05) is 39.3 Å². The molecule has 2 saturated heterocycles. The van der Waals surface area contributed by atoms with E-state index in [2.05, 4.69) is 4.90 Å². The highest BCUT2D eigenvalue weighted by molar-refractivity contribution is 4.87. The van der Waals surface area contributed by atoms with E-state index in [4.69, 9.17) is 0 Å². The molecule has 0 spiro atoms. The lowest BCUT2D eigenvalue weighted by Crippen LogP contribution is -2.57. The second-order valence-corrected chi connectivity index (χ2v) is 4.47. The second-order valence-electron chi connectivity index (χ2n) is 4.47. The molecule has 0 aliphatic carbocycles. The van der Waals surface area contributed by atoms with Crippen LogP contribution >= 0.6 is 0 Å². The summed E-state index contributed by atoms with van der Waals surface area (Å²) in [7, 11) is 0. The molecule has 0 aromatic heterocycles. The lowest BCUT2D eigenvalue weighted by atomic mass is 10.1. The molecule has 2 heterocycles. The number of alkyl halides is 2. The molecular weight excluding hydrogens is 186 g/mol. The number of rotatable bonds is 3. The van der Waals surface area contributed by atoms with Crippen LogP contribution in [0.15, 0.2) is 0 Å². The molecule has 0 unspecified atom stereocenters. The van der Waals surface area contributed by atoms with E-state index in [0.29, 0.717) is 0 Å². The van der Waals surface area contributed by atoms with Crippen LogP contribution in [0.3, 0.4) is 0 Å². The highest BCUT2D eigenvalue weighted by Crippen LogP contribution is 2.26. The molecule has 0 aromatic rings. The van der Waals surface area contributed by atoms with Crippen LogP contribution in [0.2, 0.25) is 0 Å². The Morgan fingerprint density at radius 3 is 2.00 bits per heavy atom. The van der Waals surface area contributed by atoms with E-state index in [1.807, 2.05) is 4.90 Å². The third-order valence-corrected chi connectivity index (χ3v) is 3.09. The third kappa shape index (κ3) is 2.64. The molecule has 2 rings (SSSR count). The molecule has 0 aromatic carbocycles. The summed E-state index contributed by atoms with van der Waals surface area (Å²) in [5.74, 6) is -2.40. The van der Waals surface area contributed by atoms with Gasteiger partial charge < -0.3 is 4.90 Å². The predicted octanol–water partition coefficient (Wildman–Crippen LogP) is 1.42. The van der Waals surface area contributed by atoms with Gasteiger partial charge in [-0.3, -0.25) is 4.90 Å². The first-order valence-corrected chi connectivity index (χ1v) is 5.48. The van der Waals surface area contributed by atoms with Crippen LogP contribution in [0.5, 0.6) is 0 Å². The Morgan fingerprint density at radius 2 is 1.43 bits per heavy atom. The Balaban J connectivity index is 1.59. The zero-order valence-electron chi connectivity index (χ0n) is 8.51. The standard InChI is InChI=1S/C10H18F2N2/c11-10(12)8-14(9-10)7-6-13-4-2-1-3-5-13/h1-9H2. The van der Waals surface area contributed by atoms with Crippen LogP contribution in [0.25, 0.3) is 0 Å². The largest absolute Gasteiger partial charge is 0.302 e. The number of likely N-dealkylation sites (tertiary alicyclic amines) is 2. The van der Waals surface area contributed by atoms with Gasteiger partial charge in [-0.15, -0.1) is 0 Å². The fourth-order valence-corrected chi connectivity index (χ4v) is 2.23. The summed E-state index contributed by atoms with van der Waals surface area (Å²) in [4.78, 5) is 4.23. The van der Waals surface area contributed by atoms with Crippen molar-refractivity contribution in [3.8, 4) is 0 Å². The molecule has 2 nitrogen and oxygen atoms in total. The van der Waals surface area contributed by atoms with Gasteiger partial charge >= 0.3 is 0 Å². The van der Waals surface area contributed by atoms with Gasteiger partial charge in [0.1, 0.15) is 0 Å². The van der Waals surface area contributed by atoms with E-state index in [0.717, 1.165) is 26.2 Å². The zero-order valence-corrected chi connectivity index (χ0v) is 8.51. The molecular formula is C10H18F2N2. The maximum atomic E-state index is 12.5. The first-order valence-electron chi connectivity index (χ1n) is 5.48. The van der Waals surface area contributed by atoms with E-state index in [-0.39, 0.29) is 13.1 Å². The molecule has 82 valence electrons. The zero-order chi connectivity index (χ0) is 10.0. The molecule has 0 radical (unpaired) electrons. The Bertz CT molecular complexity index is 183. The molecule has 2 aliphatic heterocycles. The summed E-state index contributed by atoms with van der Waals surface area (Å²) >= 11 is 0. The number of hydrogen-bond donors (Lipinski definition) is 0. The van der Waals surface area contributed by atoms with Crippen LogP contribution in [0, 0.1) is 0 Å². The van der Waals surface area contributed by atoms with Crippen molar-refractivity contribution < 1.29 is 8.78 Å². The van der Waals surface area contributed by atoms with Gasteiger partial charge in [-0.25, -0.2) is 8.78 Å². The normalized spacial score (nSPS) is 28.7. The van der Waals surface area contributed by atoms with Gasteiger partial charge in [-0.05, 0) is 25.9 Å². The number of halogens is 2. The van der Waals surface area contributed by atoms with Crippen LogP contribution in [0.4, 0.5) is 8.78 Å². The summed E-state index contributed by atoms with van der Waals surface area (Å²) < 4.78 is 25.0. The highest BCUT2D eigenvalue weighted by atomic mass is 19.3. The van der Waals surface area contributed by atoms with Gasteiger partial charge in [0.25, 0.3) is 5.92 Å². The quantitative estimate of drug-likeness (QED) is 0.686. The monoisotopic (exact) mass is 204 g/mol. The predicted molar refractivity (Wildman–Crippen MR) is 51.7 cm³/mol. The lowest BCUT2D eigenvalue weighted by molar-refractivity contribution is -0.131. The summed E-state index contributed by atoms with van der Waals surface area (Å²) in [5.41, 5.74) is 0. The molecule has 0 saturated carbocycles. The van der Waals surface area contributed by atoms with Crippen molar-refractivity contribution in [2.24, 2.45) is 0 Å². The summed E-state index contributed by atoms with van der Waals surface area (Å²) in [6, 6.07) is 0. The maximum absolute atomic E-state index is 12.5. The highest BCUT2D eigenvalue weighted by Gasteiger charge is 2.43. The SMILES string of the molecule is FC1(F)CN(CCN2CCCCC2)C1. The van der Waals surface area contributed by atoms with E-state index in [9.17, 15) is 8.78 Å². The van der Waals surface area contributed by atoms with Crippen molar-refractivity contribution in [1.82, 2.24) is 9.80 Å². The minimum Gasteiger partial charge on any atom is -0.302 e. The Labute approximate surface area is 83.9 Å². The van der Waals surface area contributed by atoms with E-state index < -0.39 is 5.92 Å². The van der Waals surface area contributed by atoms with Crippen LogP contribution in [0.1, 0.15) is 19.3 Å². The van der Waals surface area contributed by atoms with Crippen molar-refractivity contribution in [3.63, 3.8) is 0 Å². The van der Waals surface area contributed by atoms with Crippen molar-refractivity contribution in [3.05, 3.63) is 0 Å². The van der Waals surface area contributed by atoms with Gasteiger partial charge in [-0.2, -0.15) is 0 Å². The Kier molecular flexibility index (Phi) is 3.02. The van der Waals surface area contributed by atoms with Gasteiger partial charge in [0.2, 0.25) is 0 Å². The van der Waals surface area contributed by atoms with Gasteiger partial charge in [0.05, 0.1) is 13.1 Å². The lowest BCUT2D eigenvalue weighted by Gasteiger charge is -2.40. The third-order valence-electron chi connectivity index (χ3n) is 3.09. The molecule has 0 N–H and O–H groups in total. The summed E-state index contributed by atoms with van der Waals surface area (Å²) in [6.07, 6.45) is 3.88. The average molecular weight is 204 g/mol. The van der Waals surface area contributed by atoms with Gasteiger partial charge in [0.15, 0.2) is 0 Å². The topological polar surface area (TPSA) is 6.48 Å².